The number of hydrogen-bond donors (Lipinski definition) is 0. The third-order valence-corrected chi connectivity index (χ3v) is 2.53. The first-order valence-electron chi connectivity index (χ1n) is 4.28. The maximum atomic E-state index is 11.2. The van der Waals surface area contributed by atoms with Crippen molar-refractivity contribution in [3.05, 3.63) is 0 Å². The summed E-state index contributed by atoms with van der Waals surface area (Å²) in [5.74, 6) is 0.00222. The maximum absolute atomic E-state index is 11.2. The molecule has 1 saturated carbocycles. The smallest absolute Gasteiger partial charge is 0.309 e. The van der Waals surface area contributed by atoms with Gasteiger partial charge in [0, 0.05) is 12.8 Å². The SMILES string of the molecule is CCC1CC(=O)CC1C(=O)OC. The van der Waals surface area contributed by atoms with Gasteiger partial charge in [-0.15, -0.1) is 0 Å². The number of Topliss-reactive ketones (excluding diaryl/α,β-unsaturated/α-hetero) is 1. The van der Waals surface area contributed by atoms with Gasteiger partial charge >= 0.3 is 5.97 Å². The van der Waals surface area contributed by atoms with Crippen LogP contribution in [-0.2, 0) is 14.3 Å². The van der Waals surface area contributed by atoms with E-state index in [4.69, 9.17) is 0 Å². The summed E-state index contributed by atoms with van der Waals surface area (Å²) in [6.45, 7) is 2.00. The minimum absolute atomic E-state index is 0.174. The fourth-order valence-corrected chi connectivity index (χ4v) is 1.79. The molecule has 0 saturated heterocycles. The zero-order chi connectivity index (χ0) is 9.14. The molecule has 12 heavy (non-hydrogen) atoms. The molecular weight excluding hydrogens is 156 g/mol. The van der Waals surface area contributed by atoms with Crippen molar-refractivity contribution in [1.82, 2.24) is 0 Å². The zero-order valence-electron chi connectivity index (χ0n) is 7.50. The summed E-state index contributed by atoms with van der Waals surface area (Å²) in [4.78, 5) is 22.2. The van der Waals surface area contributed by atoms with Crippen molar-refractivity contribution >= 4 is 11.8 Å². The van der Waals surface area contributed by atoms with Gasteiger partial charge < -0.3 is 4.74 Å². The predicted molar refractivity (Wildman–Crippen MR) is 43.5 cm³/mol. The first kappa shape index (κ1) is 9.23. The van der Waals surface area contributed by atoms with E-state index in [-0.39, 0.29) is 23.6 Å². The molecule has 1 rings (SSSR count). The third-order valence-electron chi connectivity index (χ3n) is 2.53. The average Bonchev–Trinajstić information content (AvgIpc) is 2.45. The second-order valence-corrected chi connectivity index (χ2v) is 3.24. The minimum atomic E-state index is -0.229. The highest BCUT2D eigenvalue weighted by atomic mass is 16.5. The van der Waals surface area contributed by atoms with Gasteiger partial charge in [0.05, 0.1) is 13.0 Å². The molecule has 1 fully saturated rings. The van der Waals surface area contributed by atoms with Crippen molar-refractivity contribution < 1.29 is 14.3 Å². The van der Waals surface area contributed by atoms with Crippen LogP contribution in [0.3, 0.4) is 0 Å². The van der Waals surface area contributed by atoms with Crippen LogP contribution >= 0.6 is 0 Å². The van der Waals surface area contributed by atoms with Gasteiger partial charge in [0.15, 0.2) is 0 Å². The molecule has 3 heteroatoms. The summed E-state index contributed by atoms with van der Waals surface area (Å²) in [5, 5.41) is 0. The van der Waals surface area contributed by atoms with Crippen LogP contribution in [0.4, 0.5) is 0 Å². The van der Waals surface area contributed by atoms with Crippen LogP contribution < -0.4 is 0 Å². The van der Waals surface area contributed by atoms with Crippen molar-refractivity contribution in [2.24, 2.45) is 11.8 Å². The summed E-state index contributed by atoms with van der Waals surface area (Å²) >= 11 is 0. The number of carbonyl (C=O) groups is 2. The number of ketones is 1. The van der Waals surface area contributed by atoms with E-state index in [2.05, 4.69) is 4.74 Å². The summed E-state index contributed by atoms with van der Waals surface area (Å²) < 4.78 is 4.62. The average molecular weight is 170 g/mol. The standard InChI is InChI=1S/C9H14O3/c1-3-6-4-7(10)5-8(6)9(11)12-2/h6,8H,3-5H2,1-2H3. The fraction of sp³-hybridized carbons (Fsp3) is 0.778. The molecule has 0 heterocycles. The van der Waals surface area contributed by atoms with Gasteiger partial charge in [0.2, 0.25) is 0 Å². The van der Waals surface area contributed by atoms with E-state index in [9.17, 15) is 9.59 Å². The van der Waals surface area contributed by atoms with Crippen LogP contribution in [0.25, 0.3) is 0 Å². The highest BCUT2D eigenvalue weighted by Crippen LogP contribution is 2.32. The molecule has 0 spiro atoms. The second kappa shape index (κ2) is 3.70. The normalized spacial score (nSPS) is 29.0. The highest BCUT2D eigenvalue weighted by molar-refractivity contribution is 5.88. The highest BCUT2D eigenvalue weighted by Gasteiger charge is 2.37. The molecule has 0 aliphatic heterocycles. The van der Waals surface area contributed by atoms with E-state index >= 15 is 0 Å². The van der Waals surface area contributed by atoms with Crippen molar-refractivity contribution in [3.8, 4) is 0 Å². The van der Waals surface area contributed by atoms with Gasteiger partial charge in [-0.25, -0.2) is 0 Å². The first-order valence-corrected chi connectivity index (χ1v) is 4.28. The summed E-state index contributed by atoms with van der Waals surface area (Å²) in [6.07, 6.45) is 1.81. The quantitative estimate of drug-likeness (QED) is 0.584. The number of methoxy groups -OCH3 is 1. The van der Waals surface area contributed by atoms with Crippen molar-refractivity contribution in [2.75, 3.05) is 7.11 Å². The zero-order valence-corrected chi connectivity index (χ0v) is 7.50. The molecular formula is C9H14O3. The lowest BCUT2D eigenvalue weighted by molar-refractivity contribution is -0.147. The van der Waals surface area contributed by atoms with Crippen molar-refractivity contribution in [3.63, 3.8) is 0 Å². The third kappa shape index (κ3) is 1.65. The number of esters is 1. The molecule has 0 bridgehead atoms. The molecule has 0 radical (unpaired) electrons. The van der Waals surface area contributed by atoms with Crippen molar-refractivity contribution in [2.45, 2.75) is 26.2 Å². The largest absolute Gasteiger partial charge is 0.469 e. The molecule has 0 N–H and O–H groups in total. The van der Waals surface area contributed by atoms with Gasteiger partial charge in [-0.1, -0.05) is 13.3 Å². The Morgan fingerprint density at radius 3 is 2.75 bits per heavy atom. The molecule has 68 valence electrons. The van der Waals surface area contributed by atoms with Gasteiger partial charge in [0.25, 0.3) is 0 Å². The number of rotatable bonds is 2. The van der Waals surface area contributed by atoms with Gasteiger partial charge in [-0.2, -0.15) is 0 Å². The van der Waals surface area contributed by atoms with Gasteiger partial charge in [0.1, 0.15) is 5.78 Å². The lowest BCUT2D eigenvalue weighted by atomic mass is 9.94. The van der Waals surface area contributed by atoms with Crippen LogP contribution in [0, 0.1) is 11.8 Å². The van der Waals surface area contributed by atoms with E-state index in [1.54, 1.807) is 0 Å². The molecule has 0 aromatic heterocycles. The molecule has 1 aliphatic carbocycles. The van der Waals surface area contributed by atoms with Crippen LogP contribution in [0.2, 0.25) is 0 Å². The van der Waals surface area contributed by atoms with E-state index in [1.807, 2.05) is 6.92 Å². The Morgan fingerprint density at radius 2 is 2.25 bits per heavy atom. The minimum Gasteiger partial charge on any atom is -0.469 e. The van der Waals surface area contributed by atoms with Crippen LogP contribution in [-0.4, -0.2) is 18.9 Å². The van der Waals surface area contributed by atoms with Crippen molar-refractivity contribution in [1.29, 1.82) is 0 Å². The summed E-state index contributed by atoms with van der Waals surface area (Å²) in [6, 6.07) is 0. The Bertz CT molecular complexity index is 198. The van der Waals surface area contributed by atoms with Crippen LogP contribution in [0.15, 0.2) is 0 Å². The number of hydrogen-bond acceptors (Lipinski definition) is 3. The molecule has 1 aliphatic rings. The topological polar surface area (TPSA) is 43.4 Å². The van der Waals surface area contributed by atoms with Gasteiger partial charge in [-0.3, -0.25) is 9.59 Å². The predicted octanol–water partition coefficient (Wildman–Crippen LogP) is 1.16. The Labute approximate surface area is 72.1 Å². The van der Waals surface area contributed by atoms with E-state index in [1.165, 1.54) is 7.11 Å². The van der Waals surface area contributed by atoms with E-state index in [0.717, 1.165) is 6.42 Å². The second-order valence-electron chi connectivity index (χ2n) is 3.24. The monoisotopic (exact) mass is 170 g/mol. The number of ether oxygens (including phenoxy) is 1. The Morgan fingerprint density at radius 1 is 1.58 bits per heavy atom. The lowest BCUT2D eigenvalue weighted by Gasteiger charge is -2.13. The molecule has 2 atom stereocenters. The molecule has 2 unspecified atom stereocenters. The Hall–Kier alpha value is -0.860. The molecule has 0 amide bonds. The van der Waals surface area contributed by atoms with Crippen LogP contribution in [0.1, 0.15) is 26.2 Å². The molecule has 0 aromatic rings. The summed E-state index contributed by atoms with van der Waals surface area (Å²) in [7, 11) is 1.37. The Kier molecular flexibility index (Phi) is 2.84. The van der Waals surface area contributed by atoms with Gasteiger partial charge in [-0.05, 0) is 5.92 Å². The first-order chi connectivity index (χ1) is 5.69. The van der Waals surface area contributed by atoms with E-state index < -0.39 is 0 Å². The fourth-order valence-electron chi connectivity index (χ4n) is 1.79. The number of carbonyl (C=O) groups excluding carboxylic acids is 2. The maximum Gasteiger partial charge on any atom is 0.309 e. The summed E-state index contributed by atoms with van der Waals surface area (Å²) in [5.41, 5.74) is 0. The molecule has 0 aromatic carbocycles. The molecule has 3 nitrogen and oxygen atoms in total. The Balaban J connectivity index is 2.63. The van der Waals surface area contributed by atoms with Crippen LogP contribution in [0.5, 0.6) is 0 Å². The lowest BCUT2D eigenvalue weighted by Crippen LogP contribution is -2.19. The van der Waals surface area contributed by atoms with E-state index in [0.29, 0.717) is 12.8 Å².